The zero-order chi connectivity index (χ0) is 18.2. The first kappa shape index (κ1) is 15.8. The second kappa shape index (κ2) is 6.41. The fourth-order valence-electron chi connectivity index (χ4n) is 4.00. The van der Waals surface area contributed by atoms with E-state index < -0.39 is 0 Å². The van der Waals surface area contributed by atoms with Gasteiger partial charge in [0, 0.05) is 0 Å². The lowest BCUT2D eigenvalue weighted by Gasteiger charge is -2.13. The molecule has 0 heterocycles. The Balaban J connectivity index is 1.82. The van der Waals surface area contributed by atoms with Crippen LogP contribution in [0.4, 0.5) is 0 Å². The molecule has 5 aromatic rings. The Kier molecular flexibility index (Phi) is 3.76. The second-order valence-electron chi connectivity index (χ2n) is 7.14. The first-order chi connectivity index (χ1) is 13.3. The molecule has 0 aliphatic carbocycles. The van der Waals surface area contributed by atoms with Gasteiger partial charge in [-0.2, -0.15) is 0 Å². The third-order valence-electron chi connectivity index (χ3n) is 5.27. The highest BCUT2D eigenvalue weighted by Gasteiger charge is 2.10. The molecule has 0 saturated carbocycles. The summed E-state index contributed by atoms with van der Waals surface area (Å²) < 4.78 is 0. The molecule has 5 rings (SSSR count). The van der Waals surface area contributed by atoms with E-state index in [0.717, 1.165) is 0 Å². The van der Waals surface area contributed by atoms with Crippen LogP contribution >= 0.6 is 0 Å². The summed E-state index contributed by atoms with van der Waals surface area (Å²) in [4.78, 5) is 0. The minimum absolute atomic E-state index is 1.26. The van der Waals surface area contributed by atoms with Crippen molar-refractivity contribution < 1.29 is 0 Å². The van der Waals surface area contributed by atoms with Crippen molar-refractivity contribution in [2.24, 2.45) is 0 Å². The number of benzene rings is 5. The molecule has 0 bridgehead atoms. The Bertz CT molecular complexity index is 1220. The van der Waals surface area contributed by atoms with Crippen molar-refractivity contribution in [3.05, 3.63) is 109 Å². The van der Waals surface area contributed by atoms with Gasteiger partial charge in [0.2, 0.25) is 0 Å². The first-order valence-corrected chi connectivity index (χ1v) is 9.37. The van der Waals surface area contributed by atoms with Gasteiger partial charge in [0.15, 0.2) is 0 Å². The molecule has 0 amide bonds. The third kappa shape index (κ3) is 2.80. The fraction of sp³-hybridized carbons (Fsp3) is 0.0370. The topological polar surface area (TPSA) is 0 Å². The SMILES string of the molecule is Cc1cccc(-c2cccc(-c3c4ccccc4cc4ccccc34)c2)c1. The van der Waals surface area contributed by atoms with Gasteiger partial charge in [0.25, 0.3) is 0 Å². The highest BCUT2D eigenvalue weighted by atomic mass is 14.1. The Labute approximate surface area is 159 Å². The van der Waals surface area contributed by atoms with E-state index in [1.165, 1.54) is 49.4 Å². The Morgan fingerprint density at radius 1 is 0.444 bits per heavy atom. The third-order valence-corrected chi connectivity index (χ3v) is 5.27. The molecule has 0 nitrogen and oxygen atoms in total. The normalized spacial score (nSPS) is 11.1. The van der Waals surface area contributed by atoms with E-state index in [0.29, 0.717) is 0 Å². The fourth-order valence-corrected chi connectivity index (χ4v) is 4.00. The average Bonchev–Trinajstić information content (AvgIpc) is 2.72. The molecular weight excluding hydrogens is 324 g/mol. The van der Waals surface area contributed by atoms with Gasteiger partial charge in [0.05, 0.1) is 0 Å². The van der Waals surface area contributed by atoms with Gasteiger partial charge in [0.1, 0.15) is 0 Å². The van der Waals surface area contributed by atoms with Gasteiger partial charge in [-0.3, -0.25) is 0 Å². The second-order valence-corrected chi connectivity index (χ2v) is 7.14. The van der Waals surface area contributed by atoms with Crippen LogP contribution in [0.5, 0.6) is 0 Å². The van der Waals surface area contributed by atoms with Gasteiger partial charge in [-0.15, -0.1) is 0 Å². The van der Waals surface area contributed by atoms with Crippen molar-refractivity contribution in [3.8, 4) is 22.3 Å². The number of hydrogen-bond donors (Lipinski definition) is 0. The summed E-state index contributed by atoms with van der Waals surface area (Å²) in [7, 11) is 0. The van der Waals surface area contributed by atoms with Gasteiger partial charge < -0.3 is 0 Å². The minimum Gasteiger partial charge on any atom is -0.0616 e. The van der Waals surface area contributed by atoms with E-state index in [2.05, 4.69) is 110 Å². The summed E-state index contributed by atoms with van der Waals surface area (Å²) >= 11 is 0. The maximum absolute atomic E-state index is 2.32. The van der Waals surface area contributed by atoms with Gasteiger partial charge in [-0.1, -0.05) is 96.6 Å². The molecule has 27 heavy (non-hydrogen) atoms. The van der Waals surface area contributed by atoms with E-state index in [4.69, 9.17) is 0 Å². The van der Waals surface area contributed by atoms with Crippen molar-refractivity contribution in [2.75, 3.05) is 0 Å². The highest BCUT2D eigenvalue weighted by Crippen LogP contribution is 2.37. The first-order valence-electron chi connectivity index (χ1n) is 9.37. The maximum atomic E-state index is 2.32. The number of hydrogen-bond acceptors (Lipinski definition) is 0. The minimum atomic E-state index is 1.26. The zero-order valence-electron chi connectivity index (χ0n) is 15.3. The van der Waals surface area contributed by atoms with Crippen molar-refractivity contribution >= 4 is 21.5 Å². The van der Waals surface area contributed by atoms with Crippen molar-refractivity contribution in [1.29, 1.82) is 0 Å². The average molecular weight is 344 g/mol. The molecule has 0 aliphatic heterocycles. The Hall–Kier alpha value is -3.38. The van der Waals surface area contributed by atoms with E-state index in [-0.39, 0.29) is 0 Å². The van der Waals surface area contributed by atoms with Crippen LogP contribution in [0.15, 0.2) is 103 Å². The molecule has 128 valence electrons. The van der Waals surface area contributed by atoms with Crippen LogP contribution in [0.2, 0.25) is 0 Å². The molecule has 0 fully saturated rings. The largest absolute Gasteiger partial charge is 0.0616 e. The molecule has 0 unspecified atom stereocenters. The number of fused-ring (bicyclic) bond motifs is 2. The lowest BCUT2D eigenvalue weighted by atomic mass is 9.90. The van der Waals surface area contributed by atoms with E-state index in [9.17, 15) is 0 Å². The van der Waals surface area contributed by atoms with Gasteiger partial charge in [-0.25, -0.2) is 0 Å². The maximum Gasteiger partial charge on any atom is -0.00266 e. The zero-order valence-corrected chi connectivity index (χ0v) is 15.3. The molecule has 5 aromatic carbocycles. The summed E-state index contributed by atoms with van der Waals surface area (Å²) in [6.07, 6.45) is 0. The van der Waals surface area contributed by atoms with Crippen molar-refractivity contribution in [3.63, 3.8) is 0 Å². The van der Waals surface area contributed by atoms with Crippen LogP contribution in [0.1, 0.15) is 5.56 Å². The van der Waals surface area contributed by atoms with Crippen LogP contribution in [-0.2, 0) is 0 Å². The monoisotopic (exact) mass is 344 g/mol. The highest BCUT2D eigenvalue weighted by molar-refractivity contribution is 6.12. The lowest BCUT2D eigenvalue weighted by molar-refractivity contribution is 1.47. The molecule has 0 atom stereocenters. The summed E-state index contributed by atoms with van der Waals surface area (Å²) in [5, 5.41) is 5.18. The number of aryl methyl sites for hydroxylation is 1. The van der Waals surface area contributed by atoms with Crippen LogP contribution in [0, 0.1) is 6.92 Å². The summed E-state index contributed by atoms with van der Waals surface area (Å²) in [5.74, 6) is 0. The predicted molar refractivity (Wildman–Crippen MR) is 117 cm³/mol. The molecule has 0 spiro atoms. The molecule has 0 radical (unpaired) electrons. The van der Waals surface area contributed by atoms with Crippen LogP contribution in [0.3, 0.4) is 0 Å². The predicted octanol–water partition coefficient (Wildman–Crippen LogP) is 7.64. The Morgan fingerprint density at radius 2 is 1.00 bits per heavy atom. The number of rotatable bonds is 2. The van der Waals surface area contributed by atoms with Crippen molar-refractivity contribution in [2.45, 2.75) is 6.92 Å². The van der Waals surface area contributed by atoms with E-state index in [1.807, 2.05) is 0 Å². The van der Waals surface area contributed by atoms with Gasteiger partial charge in [-0.05, 0) is 62.9 Å². The van der Waals surface area contributed by atoms with Crippen molar-refractivity contribution in [1.82, 2.24) is 0 Å². The summed E-state index contributed by atoms with van der Waals surface area (Å²) in [6, 6.07) is 37.3. The van der Waals surface area contributed by atoms with Crippen LogP contribution in [-0.4, -0.2) is 0 Å². The summed E-state index contributed by atoms with van der Waals surface area (Å²) in [6.45, 7) is 2.14. The Morgan fingerprint density at radius 3 is 1.67 bits per heavy atom. The molecular formula is C27H20. The lowest BCUT2D eigenvalue weighted by Crippen LogP contribution is -1.87. The van der Waals surface area contributed by atoms with Gasteiger partial charge >= 0.3 is 0 Å². The van der Waals surface area contributed by atoms with Crippen LogP contribution < -0.4 is 0 Å². The molecule has 0 saturated heterocycles. The molecule has 0 aromatic heterocycles. The van der Waals surface area contributed by atoms with E-state index >= 15 is 0 Å². The van der Waals surface area contributed by atoms with Crippen LogP contribution in [0.25, 0.3) is 43.8 Å². The smallest absolute Gasteiger partial charge is 0.00266 e. The summed E-state index contributed by atoms with van der Waals surface area (Å²) in [5.41, 5.74) is 6.39. The van der Waals surface area contributed by atoms with E-state index in [1.54, 1.807) is 0 Å². The standard InChI is InChI=1S/C27H20/c1-19-8-6-11-20(16-19)21-12-7-13-24(17-21)27-25-14-4-2-9-22(25)18-23-10-3-5-15-26(23)27/h2-18H,1H3. The molecule has 0 heteroatoms. The molecule has 0 aliphatic rings. The molecule has 0 N–H and O–H groups in total. The quantitative estimate of drug-likeness (QED) is 0.289.